The van der Waals surface area contributed by atoms with Crippen molar-refractivity contribution in [2.75, 3.05) is 20.8 Å². The molecule has 1 amide bonds. The molecule has 7 heteroatoms. The minimum absolute atomic E-state index is 0.0468. The number of rotatable bonds is 5. The van der Waals surface area contributed by atoms with Gasteiger partial charge < -0.3 is 25.7 Å². The molecule has 0 saturated heterocycles. The SMILES string of the molecule is COc1cc(OC)cc(C(=O)NC/C(N)=N/O)c1. The third kappa shape index (κ3) is 3.55. The molecule has 4 N–H and O–H groups in total. The summed E-state index contributed by atoms with van der Waals surface area (Å²) >= 11 is 0. The number of amidine groups is 1. The molecule has 98 valence electrons. The van der Waals surface area contributed by atoms with Gasteiger partial charge >= 0.3 is 0 Å². The fourth-order valence-corrected chi connectivity index (χ4v) is 1.25. The molecule has 0 radical (unpaired) electrons. The van der Waals surface area contributed by atoms with Crippen LogP contribution in [-0.4, -0.2) is 37.7 Å². The molecule has 18 heavy (non-hydrogen) atoms. The third-order valence-electron chi connectivity index (χ3n) is 2.17. The zero-order chi connectivity index (χ0) is 13.5. The van der Waals surface area contributed by atoms with Crippen molar-refractivity contribution in [3.63, 3.8) is 0 Å². The zero-order valence-electron chi connectivity index (χ0n) is 10.1. The lowest BCUT2D eigenvalue weighted by atomic mass is 10.2. The highest BCUT2D eigenvalue weighted by molar-refractivity contribution is 5.97. The van der Waals surface area contributed by atoms with Gasteiger partial charge in [0.05, 0.1) is 20.8 Å². The van der Waals surface area contributed by atoms with Gasteiger partial charge in [0.2, 0.25) is 0 Å². The minimum Gasteiger partial charge on any atom is -0.497 e. The van der Waals surface area contributed by atoms with Gasteiger partial charge in [-0.25, -0.2) is 0 Å². The first-order valence-electron chi connectivity index (χ1n) is 5.08. The Balaban J connectivity index is 2.84. The molecule has 0 aromatic heterocycles. The molecule has 0 spiro atoms. The number of hydrogen-bond acceptors (Lipinski definition) is 5. The second kappa shape index (κ2) is 6.33. The molecule has 0 aliphatic rings. The van der Waals surface area contributed by atoms with Crippen molar-refractivity contribution in [3.05, 3.63) is 23.8 Å². The van der Waals surface area contributed by atoms with Crippen molar-refractivity contribution in [1.29, 1.82) is 0 Å². The number of benzene rings is 1. The van der Waals surface area contributed by atoms with Crippen LogP contribution in [0.2, 0.25) is 0 Å². The number of hydrogen-bond donors (Lipinski definition) is 3. The van der Waals surface area contributed by atoms with Crippen molar-refractivity contribution in [2.45, 2.75) is 0 Å². The topological polar surface area (TPSA) is 106 Å². The van der Waals surface area contributed by atoms with Crippen LogP contribution in [0.15, 0.2) is 23.4 Å². The van der Waals surface area contributed by atoms with Gasteiger partial charge in [-0.2, -0.15) is 0 Å². The average Bonchev–Trinajstić information content (AvgIpc) is 2.43. The van der Waals surface area contributed by atoms with Crippen LogP contribution in [0.3, 0.4) is 0 Å². The summed E-state index contributed by atoms with van der Waals surface area (Å²) in [7, 11) is 2.99. The highest BCUT2D eigenvalue weighted by Gasteiger charge is 2.09. The molecule has 0 fully saturated rings. The summed E-state index contributed by atoms with van der Waals surface area (Å²) in [6.07, 6.45) is 0. The van der Waals surface area contributed by atoms with Gasteiger partial charge in [0.15, 0.2) is 5.84 Å². The Morgan fingerprint density at radius 2 is 1.89 bits per heavy atom. The Morgan fingerprint density at radius 1 is 1.33 bits per heavy atom. The summed E-state index contributed by atoms with van der Waals surface area (Å²) in [6.45, 7) is -0.0468. The van der Waals surface area contributed by atoms with E-state index in [1.807, 2.05) is 0 Å². The maximum Gasteiger partial charge on any atom is 0.251 e. The first kappa shape index (κ1) is 13.6. The van der Waals surface area contributed by atoms with E-state index in [0.29, 0.717) is 17.1 Å². The van der Waals surface area contributed by atoms with Crippen molar-refractivity contribution < 1.29 is 19.5 Å². The number of nitrogens with one attached hydrogen (secondary N) is 1. The maximum atomic E-state index is 11.8. The quantitative estimate of drug-likeness (QED) is 0.300. The van der Waals surface area contributed by atoms with Gasteiger partial charge in [-0.05, 0) is 12.1 Å². The predicted molar refractivity (Wildman–Crippen MR) is 65.3 cm³/mol. The average molecular weight is 253 g/mol. The fourth-order valence-electron chi connectivity index (χ4n) is 1.25. The molecular weight excluding hydrogens is 238 g/mol. The van der Waals surface area contributed by atoms with Crippen LogP contribution in [0.4, 0.5) is 0 Å². The number of methoxy groups -OCH3 is 2. The van der Waals surface area contributed by atoms with Crippen LogP contribution in [0.5, 0.6) is 11.5 Å². The highest BCUT2D eigenvalue weighted by atomic mass is 16.5. The lowest BCUT2D eigenvalue weighted by Crippen LogP contribution is -2.33. The second-order valence-electron chi connectivity index (χ2n) is 3.38. The number of nitrogens with zero attached hydrogens (tertiary/aromatic N) is 1. The Morgan fingerprint density at radius 3 is 2.33 bits per heavy atom. The molecule has 0 unspecified atom stereocenters. The van der Waals surface area contributed by atoms with E-state index < -0.39 is 0 Å². The van der Waals surface area contributed by atoms with Gasteiger partial charge in [-0.1, -0.05) is 5.16 Å². The third-order valence-corrected chi connectivity index (χ3v) is 2.17. The molecule has 0 aliphatic carbocycles. The van der Waals surface area contributed by atoms with Crippen molar-refractivity contribution in [1.82, 2.24) is 5.32 Å². The normalized spacial score (nSPS) is 10.9. The van der Waals surface area contributed by atoms with Gasteiger partial charge in [-0.15, -0.1) is 0 Å². The molecule has 0 atom stereocenters. The van der Waals surface area contributed by atoms with E-state index >= 15 is 0 Å². The molecule has 1 aromatic rings. The molecule has 1 aromatic carbocycles. The Kier molecular flexibility index (Phi) is 4.79. The molecule has 0 bridgehead atoms. The number of amides is 1. The molecule has 0 aliphatic heterocycles. The lowest BCUT2D eigenvalue weighted by Gasteiger charge is -2.08. The summed E-state index contributed by atoms with van der Waals surface area (Å²) < 4.78 is 10.1. The number of nitrogens with two attached hydrogens (primary N) is 1. The molecule has 0 heterocycles. The molecular formula is C11H15N3O4. The van der Waals surface area contributed by atoms with Gasteiger partial charge in [0.1, 0.15) is 11.5 Å². The molecule has 7 nitrogen and oxygen atoms in total. The summed E-state index contributed by atoms with van der Waals surface area (Å²) in [5.41, 5.74) is 5.61. The van der Waals surface area contributed by atoms with E-state index in [4.69, 9.17) is 20.4 Å². The second-order valence-corrected chi connectivity index (χ2v) is 3.38. The Hall–Kier alpha value is -2.44. The lowest BCUT2D eigenvalue weighted by molar-refractivity contribution is 0.0958. The van der Waals surface area contributed by atoms with Gasteiger partial charge in [0.25, 0.3) is 5.91 Å². The summed E-state index contributed by atoms with van der Waals surface area (Å²) in [4.78, 5) is 11.8. The number of carbonyl (C=O) groups excluding carboxylic acids is 1. The van der Waals surface area contributed by atoms with Crippen LogP contribution >= 0.6 is 0 Å². The van der Waals surface area contributed by atoms with E-state index in [0.717, 1.165) is 0 Å². The Labute approximate surface area is 104 Å². The first-order chi connectivity index (χ1) is 8.60. The van der Waals surface area contributed by atoms with Crippen molar-refractivity contribution in [3.8, 4) is 11.5 Å². The van der Waals surface area contributed by atoms with E-state index in [9.17, 15) is 4.79 Å². The van der Waals surface area contributed by atoms with E-state index in [2.05, 4.69) is 10.5 Å². The standard InChI is InChI=1S/C11H15N3O4/c1-17-8-3-7(4-9(5-8)18-2)11(15)13-6-10(12)14-16/h3-5,16H,6H2,1-2H3,(H2,12,14)(H,13,15). The van der Waals surface area contributed by atoms with Crippen LogP contribution in [0, 0.1) is 0 Å². The largest absolute Gasteiger partial charge is 0.497 e. The first-order valence-corrected chi connectivity index (χ1v) is 5.08. The fraction of sp³-hybridized carbons (Fsp3) is 0.273. The van der Waals surface area contributed by atoms with Crippen LogP contribution in [0.1, 0.15) is 10.4 Å². The van der Waals surface area contributed by atoms with Gasteiger partial charge in [-0.3, -0.25) is 4.79 Å². The van der Waals surface area contributed by atoms with Crippen LogP contribution in [0.25, 0.3) is 0 Å². The van der Waals surface area contributed by atoms with E-state index in [-0.39, 0.29) is 18.3 Å². The van der Waals surface area contributed by atoms with Crippen molar-refractivity contribution in [2.24, 2.45) is 10.9 Å². The number of oxime groups is 1. The smallest absolute Gasteiger partial charge is 0.251 e. The van der Waals surface area contributed by atoms with Crippen molar-refractivity contribution >= 4 is 11.7 Å². The van der Waals surface area contributed by atoms with Crippen LogP contribution < -0.4 is 20.5 Å². The summed E-state index contributed by atoms with van der Waals surface area (Å²) in [6, 6.07) is 4.77. The van der Waals surface area contributed by atoms with E-state index in [1.165, 1.54) is 14.2 Å². The van der Waals surface area contributed by atoms with E-state index in [1.54, 1.807) is 18.2 Å². The molecule has 1 rings (SSSR count). The highest BCUT2D eigenvalue weighted by Crippen LogP contribution is 2.22. The number of ether oxygens (including phenoxy) is 2. The van der Waals surface area contributed by atoms with Gasteiger partial charge in [0, 0.05) is 11.6 Å². The maximum absolute atomic E-state index is 11.8. The van der Waals surface area contributed by atoms with Crippen LogP contribution in [-0.2, 0) is 0 Å². The summed E-state index contributed by atoms with van der Waals surface area (Å²) in [5, 5.41) is 13.6. The zero-order valence-corrected chi connectivity index (χ0v) is 10.1. The summed E-state index contributed by atoms with van der Waals surface area (Å²) in [5.74, 6) is 0.545. The minimum atomic E-state index is -0.376. The predicted octanol–water partition coefficient (Wildman–Crippen LogP) is 0.180. The number of carbonyl (C=O) groups is 1. The Bertz CT molecular complexity index is 437. The molecule has 0 saturated carbocycles. The monoisotopic (exact) mass is 253 g/mol.